The minimum Gasteiger partial charge on any atom is -0.493 e. The van der Waals surface area contributed by atoms with Gasteiger partial charge in [-0.15, -0.1) is 0 Å². The maximum atomic E-state index is 13.1. The van der Waals surface area contributed by atoms with Crippen LogP contribution in [0.5, 0.6) is 17.2 Å². The van der Waals surface area contributed by atoms with Crippen LogP contribution in [0.15, 0.2) is 12.1 Å². The summed E-state index contributed by atoms with van der Waals surface area (Å²) >= 11 is 0. The van der Waals surface area contributed by atoms with Crippen LogP contribution >= 0.6 is 0 Å². The fraction of sp³-hybridized carbons (Fsp3) is 0.609. The number of carbonyl (C=O) groups is 3. The Balaban J connectivity index is 1.64. The first kappa shape index (κ1) is 23.7. The number of piperazine rings is 1. The van der Waals surface area contributed by atoms with Gasteiger partial charge < -0.3 is 28.9 Å². The van der Waals surface area contributed by atoms with Crippen LogP contribution in [-0.2, 0) is 9.59 Å². The molecule has 2 saturated heterocycles. The lowest BCUT2D eigenvalue weighted by atomic mass is 10.1. The third-order valence-corrected chi connectivity index (χ3v) is 6.07. The summed E-state index contributed by atoms with van der Waals surface area (Å²) in [7, 11) is 4.52. The van der Waals surface area contributed by atoms with Crippen molar-refractivity contribution in [3.05, 3.63) is 17.7 Å². The molecule has 0 radical (unpaired) electrons. The zero-order valence-corrected chi connectivity index (χ0v) is 19.8. The second-order valence-electron chi connectivity index (χ2n) is 9.11. The van der Waals surface area contributed by atoms with E-state index in [4.69, 9.17) is 14.2 Å². The average Bonchev–Trinajstić information content (AvgIpc) is 3.19. The largest absolute Gasteiger partial charge is 0.493 e. The van der Waals surface area contributed by atoms with E-state index in [9.17, 15) is 14.4 Å². The first-order valence-electron chi connectivity index (χ1n) is 10.8. The fourth-order valence-corrected chi connectivity index (χ4v) is 4.30. The number of rotatable bonds is 5. The summed E-state index contributed by atoms with van der Waals surface area (Å²) in [6.07, 6.45) is 0.251. The standard InChI is InChI=1S/C23H33N3O6/c1-23(2,3)26-14-16(13-19(26)27)22(29)25-9-7-24(8-10-25)21(28)15-11-17(30-4)20(32-6)18(12-15)31-5/h11-12,16H,7-10,13-14H2,1-6H3. The van der Waals surface area contributed by atoms with Crippen molar-refractivity contribution in [2.45, 2.75) is 32.7 Å². The molecule has 1 unspecified atom stereocenters. The minimum absolute atomic E-state index is 0.00927. The third-order valence-electron chi connectivity index (χ3n) is 6.07. The van der Waals surface area contributed by atoms with E-state index in [-0.39, 0.29) is 35.6 Å². The summed E-state index contributed by atoms with van der Waals surface area (Å²) in [6.45, 7) is 8.10. The SMILES string of the molecule is COc1cc(C(=O)N2CCN(C(=O)C3CC(=O)N(C(C)(C)C)C3)CC2)cc(OC)c1OC. The fourth-order valence-electron chi connectivity index (χ4n) is 4.30. The quantitative estimate of drug-likeness (QED) is 0.682. The Morgan fingerprint density at radius 1 is 0.906 bits per heavy atom. The predicted octanol–water partition coefficient (Wildman–Crippen LogP) is 1.64. The number of ether oxygens (including phenoxy) is 3. The molecule has 9 nitrogen and oxygen atoms in total. The van der Waals surface area contributed by atoms with Gasteiger partial charge in [0, 0.05) is 50.2 Å². The molecule has 32 heavy (non-hydrogen) atoms. The van der Waals surface area contributed by atoms with E-state index in [1.165, 1.54) is 21.3 Å². The molecule has 9 heteroatoms. The maximum Gasteiger partial charge on any atom is 0.254 e. The molecule has 0 N–H and O–H groups in total. The highest BCUT2D eigenvalue weighted by molar-refractivity contribution is 5.96. The third kappa shape index (κ3) is 4.61. The van der Waals surface area contributed by atoms with Crippen molar-refractivity contribution in [1.82, 2.24) is 14.7 Å². The average molecular weight is 448 g/mol. The molecule has 1 atom stereocenters. The highest BCUT2D eigenvalue weighted by Crippen LogP contribution is 2.38. The van der Waals surface area contributed by atoms with Crippen molar-refractivity contribution in [3.8, 4) is 17.2 Å². The number of methoxy groups -OCH3 is 3. The Kier molecular flexibility index (Phi) is 6.85. The monoisotopic (exact) mass is 447 g/mol. The van der Waals surface area contributed by atoms with Gasteiger partial charge in [0.1, 0.15) is 0 Å². The van der Waals surface area contributed by atoms with Crippen LogP contribution in [0.1, 0.15) is 37.6 Å². The van der Waals surface area contributed by atoms with Crippen LogP contribution < -0.4 is 14.2 Å². The molecule has 3 amide bonds. The van der Waals surface area contributed by atoms with Gasteiger partial charge in [0.2, 0.25) is 17.6 Å². The molecule has 1 aromatic rings. The van der Waals surface area contributed by atoms with Crippen molar-refractivity contribution < 1.29 is 28.6 Å². The van der Waals surface area contributed by atoms with Gasteiger partial charge >= 0.3 is 0 Å². The number of hydrogen-bond donors (Lipinski definition) is 0. The van der Waals surface area contributed by atoms with Crippen molar-refractivity contribution in [2.24, 2.45) is 5.92 Å². The molecule has 0 aliphatic carbocycles. The molecule has 0 saturated carbocycles. The smallest absolute Gasteiger partial charge is 0.254 e. The summed E-state index contributed by atoms with van der Waals surface area (Å²) in [5, 5.41) is 0. The Hall–Kier alpha value is -2.97. The highest BCUT2D eigenvalue weighted by atomic mass is 16.5. The van der Waals surface area contributed by atoms with E-state index in [2.05, 4.69) is 0 Å². The second kappa shape index (κ2) is 9.26. The van der Waals surface area contributed by atoms with Crippen LogP contribution in [-0.4, -0.2) is 92.0 Å². The summed E-state index contributed by atoms with van der Waals surface area (Å²) < 4.78 is 16.0. The Morgan fingerprint density at radius 3 is 1.88 bits per heavy atom. The number of likely N-dealkylation sites (tertiary alicyclic amines) is 1. The summed E-state index contributed by atoms with van der Waals surface area (Å²) in [6, 6.07) is 3.26. The van der Waals surface area contributed by atoms with E-state index >= 15 is 0 Å². The zero-order valence-electron chi connectivity index (χ0n) is 19.8. The topological polar surface area (TPSA) is 88.6 Å². The van der Waals surface area contributed by atoms with E-state index in [1.807, 2.05) is 20.8 Å². The van der Waals surface area contributed by atoms with E-state index in [0.29, 0.717) is 55.5 Å². The van der Waals surface area contributed by atoms with Crippen LogP contribution in [0, 0.1) is 5.92 Å². The Bertz CT molecular complexity index is 861. The van der Waals surface area contributed by atoms with E-state index in [0.717, 1.165) is 0 Å². The molecule has 2 fully saturated rings. The van der Waals surface area contributed by atoms with Crippen molar-refractivity contribution in [1.29, 1.82) is 0 Å². The van der Waals surface area contributed by atoms with Gasteiger partial charge in [-0.25, -0.2) is 0 Å². The van der Waals surface area contributed by atoms with Crippen LogP contribution in [0.4, 0.5) is 0 Å². The molecule has 1 aromatic carbocycles. The van der Waals surface area contributed by atoms with Crippen LogP contribution in [0.2, 0.25) is 0 Å². The van der Waals surface area contributed by atoms with Crippen LogP contribution in [0.3, 0.4) is 0 Å². The molecule has 176 valence electrons. The number of benzene rings is 1. The normalized spacial score (nSPS) is 19.2. The number of nitrogens with zero attached hydrogens (tertiary/aromatic N) is 3. The first-order chi connectivity index (χ1) is 15.1. The molecule has 2 aliphatic heterocycles. The van der Waals surface area contributed by atoms with E-state index in [1.54, 1.807) is 26.8 Å². The molecule has 3 rings (SSSR count). The second-order valence-corrected chi connectivity index (χ2v) is 9.11. The molecule has 0 aromatic heterocycles. The number of hydrogen-bond acceptors (Lipinski definition) is 6. The maximum absolute atomic E-state index is 13.1. The van der Waals surface area contributed by atoms with E-state index < -0.39 is 0 Å². The van der Waals surface area contributed by atoms with Crippen LogP contribution in [0.25, 0.3) is 0 Å². The van der Waals surface area contributed by atoms with Gasteiger partial charge in [-0.05, 0) is 32.9 Å². The highest BCUT2D eigenvalue weighted by Gasteiger charge is 2.41. The summed E-state index contributed by atoms with van der Waals surface area (Å²) in [4.78, 5) is 43.7. The van der Waals surface area contributed by atoms with Gasteiger partial charge in [0.05, 0.1) is 27.2 Å². The first-order valence-corrected chi connectivity index (χ1v) is 10.8. The zero-order chi connectivity index (χ0) is 23.6. The van der Waals surface area contributed by atoms with Gasteiger partial charge in [0.15, 0.2) is 11.5 Å². The molecular formula is C23H33N3O6. The molecular weight excluding hydrogens is 414 g/mol. The Morgan fingerprint density at radius 2 is 1.44 bits per heavy atom. The lowest BCUT2D eigenvalue weighted by Crippen LogP contribution is -2.52. The molecule has 2 heterocycles. The molecule has 2 aliphatic rings. The summed E-state index contributed by atoms with van der Waals surface area (Å²) in [5.74, 6) is 0.788. The van der Waals surface area contributed by atoms with Gasteiger partial charge in [-0.1, -0.05) is 0 Å². The van der Waals surface area contributed by atoms with Gasteiger partial charge in [-0.3, -0.25) is 14.4 Å². The molecule has 0 spiro atoms. The number of carbonyl (C=O) groups excluding carboxylic acids is 3. The van der Waals surface area contributed by atoms with Crippen molar-refractivity contribution in [2.75, 3.05) is 54.1 Å². The lowest BCUT2D eigenvalue weighted by Gasteiger charge is -2.36. The van der Waals surface area contributed by atoms with Crippen molar-refractivity contribution >= 4 is 17.7 Å². The van der Waals surface area contributed by atoms with Crippen molar-refractivity contribution in [3.63, 3.8) is 0 Å². The molecule has 0 bridgehead atoms. The predicted molar refractivity (Wildman–Crippen MR) is 118 cm³/mol. The number of amides is 3. The van der Waals surface area contributed by atoms with Gasteiger partial charge in [-0.2, -0.15) is 0 Å². The Labute approximate surface area is 189 Å². The lowest BCUT2D eigenvalue weighted by molar-refractivity contribution is -0.137. The minimum atomic E-state index is -0.320. The van der Waals surface area contributed by atoms with Gasteiger partial charge in [0.25, 0.3) is 5.91 Å². The summed E-state index contributed by atoms with van der Waals surface area (Å²) in [5.41, 5.74) is 0.138.